The second-order valence-corrected chi connectivity index (χ2v) is 8.83. The maximum absolute atomic E-state index is 11.5. The zero-order chi connectivity index (χ0) is 20.6. The van der Waals surface area contributed by atoms with Crippen LogP contribution >= 0.6 is 35.6 Å². The molecule has 0 aliphatic rings. The van der Waals surface area contributed by atoms with Gasteiger partial charge in [-0.2, -0.15) is 0 Å². The van der Waals surface area contributed by atoms with Crippen LogP contribution in [0, 0.1) is 0 Å². The van der Waals surface area contributed by atoms with Gasteiger partial charge in [-0.25, -0.2) is 8.42 Å². The van der Waals surface area contributed by atoms with Crippen molar-refractivity contribution in [2.75, 3.05) is 25.9 Å². The van der Waals surface area contributed by atoms with Gasteiger partial charge in [-0.05, 0) is 48.7 Å². The molecule has 3 N–H and O–H groups in total. The van der Waals surface area contributed by atoms with Crippen LogP contribution in [0.4, 0.5) is 0 Å². The van der Waals surface area contributed by atoms with Gasteiger partial charge in [0.25, 0.3) is 0 Å². The maximum atomic E-state index is 11.5. The number of halogens is 2. The Morgan fingerprint density at radius 3 is 2.28 bits per heavy atom. The third-order valence-corrected chi connectivity index (χ3v) is 5.46. The van der Waals surface area contributed by atoms with Gasteiger partial charge < -0.3 is 15.7 Å². The summed E-state index contributed by atoms with van der Waals surface area (Å²) in [7, 11) is -3.18. The molecule has 29 heavy (non-hydrogen) atoms. The predicted octanol–water partition coefficient (Wildman–Crippen LogP) is 3.19. The van der Waals surface area contributed by atoms with Gasteiger partial charge in [0.2, 0.25) is 0 Å². The summed E-state index contributed by atoms with van der Waals surface area (Å²) in [6, 6.07) is 13.9. The predicted molar refractivity (Wildman–Crippen MR) is 129 cm³/mol. The van der Waals surface area contributed by atoms with Crippen LogP contribution in [0.15, 0.2) is 58.4 Å². The highest BCUT2D eigenvalue weighted by Crippen LogP contribution is 2.16. The molecular weight excluding hydrogens is 525 g/mol. The lowest BCUT2D eigenvalue weighted by molar-refractivity contribution is 0.187. The van der Waals surface area contributed by atoms with E-state index in [-0.39, 0.29) is 30.5 Å². The number of guanidine groups is 1. The number of sulfone groups is 1. The quantitative estimate of drug-likeness (QED) is 0.266. The maximum Gasteiger partial charge on any atom is 0.191 e. The number of nitrogens with zero attached hydrogens (tertiary/aromatic N) is 1. The van der Waals surface area contributed by atoms with E-state index >= 15 is 0 Å². The Hall–Kier alpha value is -1.36. The summed E-state index contributed by atoms with van der Waals surface area (Å²) in [6.07, 6.45) is 1.20. The van der Waals surface area contributed by atoms with Crippen LogP contribution in [0.5, 0.6) is 0 Å². The van der Waals surface area contributed by atoms with Crippen LogP contribution < -0.4 is 10.6 Å². The van der Waals surface area contributed by atoms with Crippen molar-refractivity contribution in [1.82, 2.24) is 10.6 Å². The van der Waals surface area contributed by atoms with E-state index in [1.165, 1.54) is 6.26 Å². The molecular formula is C20H27ClIN3O3S. The van der Waals surface area contributed by atoms with Crippen LogP contribution in [-0.2, 0) is 16.3 Å². The number of aliphatic hydroxyl groups excluding tert-OH is 1. The number of hydrogen-bond acceptors (Lipinski definition) is 4. The van der Waals surface area contributed by atoms with Gasteiger partial charge in [0.15, 0.2) is 15.8 Å². The molecule has 9 heteroatoms. The van der Waals surface area contributed by atoms with Crippen molar-refractivity contribution < 1.29 is 13.5 Å². The van der Waals surface area contributed by atoms with Gasteiger partial charge in [0, 0.05) is 24.4 Å². The first-order chi connectivity index (χ1) is 13.3. The van der Waals surface area contributed by atoms with Crippen molar-refractivity contribution in [1.29, 1.82) is 0 Å². The Balaban J connectivity index is 0.00000420. The van der Waals surface area contributed by atoms with Crippen LogP contribution in [0.25, 0.3) is 0 Å². The second-order valence-electron chi connectivity index (χ2n) is 6.38. The first-order valence-electron chi connectivity index (χ1n) is 9.04. The van der Waals surface area contributed by atoms with E-state index in [1.54, 1.807) is 36.4 Å². The smallest absolute Gasteiger partial charge is 0.191 e. The first-order valence-corrected chi connectivity index (χ1v) is 11.3. The minimum Gasteiger partial charge on any atom is -0.386 e. The average Bonchev–Trinajstić information content (AvgIpc) is 2.66. The highest BCUT2D eigenvalue weighted by molar-refractivity contribution is 14.0. The third kappa shape index (κ3) is 8.90. The molecule has 6 nitrogen and oxygen atoms in total. The molecule has 1 atom stereocenters. The fourth-order valence-electron chi connectivity index (χ4n) is 2.54. The molecule has 2 aromatic rings. The molecule has 0 saturated heterocycles. The van der Waals surface area contributed by atoms with Crippen molar-refractivity contribution >= 4 is 51.4 Å². The molecule has 1 unspecified atom stereocenters. The summed E-state index contributed by atoms with van der Waals surface area (Å²) in [5.74, 6) is 0.614. The molecule has 0 heterocycles. The average molecular weight is 552 g/mol. The van der Waals surface area contributed by atoms with Crippen LogP contribution in [0.3, 0.4) is 0 Å². The minimum absolute atomic E-state index is 0. The summed E-state index contributed by atoms with van der Waals surface area (Å²) >= 11 is 5.86. The molecule has 2 rings (SSSR count). The molecule has 0 spiro atoms. The van der Waals surface area contributed by atoms with E-state index in [1.807, 2.05) is 19.1 Å². The van der Waals surface area contributed by atoms with E-state index in [0.29, 0.717) is 35.4 Å². The fourth-order valence-corrected chi connectivity index (χ4v) is 3.29. The van der Waals surface area contributed by atoms with Crippen molar-refractivity contribution in [3.8, 4) is 0 Å². The molecule has 0 aromatic heterocycles. The van der Waals surface area contributed by atoms with Gasteiger partial charge in [0.1, 0.15) is 0 Å². The topological polar surface area (TPSA) is 90.8 Å². The molecule has 0 fully saturated rings. The molecule has 0 radical (unpaired) electrons. The summed E-state index contributed by atoms with van der Waals surface area (Å²) in [6.45, 7) is 3.52. The fraction of sp³-hybridized carbons (Fsp3) is 0.350. The Morgan fingerprint density at radius 1 is 1.10 bits per heavy atom. The van der Waals surface area contributed by atoms with Gasteiger partial charge in [-0.15, -0.1) is 24.0 Å². The Bertz CT molecular complexity index is 888. The number of aliphatic hydroxyl groups is 1. The highest BCUT2D eigenvalue weighted by atomic mass is 127. The van der Waals surface area contributed by atoms with Crippen molar-refractivity contribution in [2.45, 2.75) is 24.3 Å². The van der Waals surface area contributed by atoms with E-state index in [4.69, 9.17) is 11.6 Å². The normalized spacial score (nSPS) is 12.8. The largest absolute Gasteiger partial charge is 0.386 e. The van der Waals surface area contributed by atoms with E-state index in [2.05, 4.69) is 15.6 Å². The highest BCUT2D eigenvalue weighted by Gasteiger charge is 2.08. The molecule has 0 aliphatic carbocycles. The number of benzene rings is 2. The molecule has 160 valence electrons. The summed E-state index contributed by atoms with van der Waals surface area (Å²) in [5, 5.41) is 17.3. The lowest BCUT2D eigenvalue weighted by atomic mass is 10.1. The number of aliphatic imine (C=N–C) groups is 1. The van der Waals surface area contributed by atoms with Crippen molar-refractivity contribution in [3.63, 3.8) is 0 Å². The summed E-state index contributed by atoms with van der Waals surface area (Å²) in [4.78, 5) is 4.74. The van der Waals surface area contributed by atoms with E-state index < -0.39 is 15.9 Å². The van der Waals surface area contributed by atoms with Crippen molar-refractivity contribution in [3.05, 3.63) is 64.7 Å². The van der Waals surface area contributed by atoms with E-state index in [9.17, 15) is 13.5 Å². The number of hydrogen-bond donors (Lipinski definition) is 3. The van der Waals surface area contributed by atoms with Gasteiger partial charge in [-0.3, -0.25) is 4.99 Å². The standard InChI is InChI=1S/C20H26ClN3O3S.HI/c1-3-22-20(24-14-19(25)16-6-8-17(21)9-7-16)23-13-12-15-4-10-18(11-5-15)28(2,26)27;/h4-11,19,25H,3,12-14H2,1-2H3,(H2,22,23,24);1H. The molecule has 2 aromatic carbocycles. The van der Waals surface area contributed by atoms with Crippen LogP contribution in [-0.4, -0.2) is 45.4 Å². The Kier molecular flexibility index (Phi) is 10.9. The summed E-state index contributed by atoms with van der Waals surface area (Å²) < 4.78 is 23.0. The van der Waals surface area contributed by atoms with E-state index in [0.717, 1.165) is 11.1 Å². The van der Waals surface area contributed by atoms with Crippen molar-refractivity contribution in [2.24, 2.45) is 4.99 Å². The molecule has 0 bridgehead atoms. The monoisotopic (exact) mass is 551 g/mol. The molecule has 0 amide bonds. The lowest BCUT2D eigenvalue weighted by Crippen LogP contribution is -2.38. The first kappa shape index (κ1) is 25.7. The number of nitrogens with one attached hydrogen (secondary N) is 2. The lowest BCUT2D eigenvalue weighted by Gasteiger charge is -2.13. The van der Waals surface area contributed by atoms with Gasteiger partial charge >= 0.3 is 0 Å². The SMILES string of the molecule is CCNC(=NCC(O)c1ccc(Cl)cc1)NCCc1ccc(S(C)(=O)=O)cc1.I. The number of rotatable bonds is 8. The zero-order valence-corrected chi connectivity index (χ0v) is 20.3. The van der Waals surface area contributed by atoms with Crippen LogP contribution in [0.1, 0.15) is 24.2 Å². The minimum atomic E-state index is -3.18. The zero-order valence-electron chi connectivity index (χ0n) is 16.4. The Morgan fingerprint density at radius 2 is 1.72 bits per heavy atom. The summed E-state index contributed by atoms with van der Waals surface area (Å²) in [5.41, 5.74) is 1.78. The molecule has 0 aliphatic heterocycles. The second kappa shape index (κ2) is 12.4. The van der Waals surface area contributed by atoms with Gasteiger partial charge in [0.05, 0.1) is 17.5 Å². The Labute approximate surface area is 194 Å². The van der Waals surface area contributed by atoms with Gasteiger partial charge in [-0.1, -0.05) is 35.9 Å². The molecule has 0 saturated carbocycles. The third-order valence-electron chi connectivity index (χ3n) is 4.08. The van der Waals surface area contributed by atoms with Crippen LogP contribution in [0.2, 0.25) is 5.02 Å².